The average molecular weight is 301 g/mol. The lowest BCUT2D eigenvalue weighted by atomic mass is 9.90. The third kappa shape index (κ3) is 2.12. The lowest BCUT2D eigenvalue weighted by Gasteiger charge is -2.15. The molecule has 0 heterocycles. The van der Waals surface area contributed by atoms with Crippen LogP contribution in [0.1, 0.15) is 43.2 Å². The summed E-state index contributed by atoms with van der Waals surface area (Å²) in [5.74, 6) is 0.610. The van der Waals surface area contributed by atoms with Gasteiger partial charge >= 0.3 is 0 Å². The normalized spacial score (nSPS) is 20.9. The number of benzene rings is 1. The monoisotopic (exact) mass is 300 g/mol. The van der Waals surface area contributed by atoms with Gasteiger partial charge in [-0.15, -0.1) is 0 Å². The van der Waals surface area contributed by atoms with Gasteiger partial charge in [-0.05, 0) is 43.4 Å². The molecule has 3 rings (SSSR count). The molecule has 0 spiro atoms. The van der Waals surface area contributed by atoms with E-state index in [0.717, 1.165) is 6.42 Å². The summed E-state index contributed by atoms with van der Waals surface area (Å²) in [6.07, 6.45) is 12.6. The number of fused-ring (bicyclic) bond motifs is 1. The van der Waals surface area contributed by atoms with E-state index in [1.807, 2.05) is 0 Å². The van der Waals surface area contributed by atoms with Gasteiger partial charge in [-0.25, -0.2) is 0 Å². The Hall–Kier alpha value is -1.08. The third-order valence-electron chi connectivity index (χ3n) is 3.99. The van der Waals surface area contributed by atoms with Gasteiger partial charge in [0.15, 0.2) is 0 Å². The molecule has 1 heteroatoms. The Kier molecular flexibility index (Phi) is 3.25. The van der Waals surface area contributed by atoms with Crippen molar-refractivity contribution in [3.63, 3.8) is 0 Å². The van der Waals surface area contributed by atoms with Crippen molar-refractivity contribution < 1.29 is 0 Å². The number of allylic oxidation sites excluding steroid dienone is 5. The summed E-state index contributed by atoms with van der Waals surface area (Å²) < 4.78 is 1.23. The van der Waals surface area contributed by atoms with Crippen molar-refractivity contribution >= 4 is 22.0 Å². The summed E-state index contributed by atoms with van der Waals surface area (Å²) in [6.45, 7) is 2.26. The number of hydrogen-bond donors (Lipinski definition) is 0. The second-order valence-electron chi connectivity index (χ2n) is 5.18. The summed E-state index contributed by atoms with van der Waals surface area (Å²) >= 11 is 3.65. The van der Waals surface area contributed by atoms with Crippen LogP contribution in [0.3, 0.4) is 0 Å². The van der Waals surface area contributed by atoms with E-state index in [0.29, 0.717) is 5.92 Å². The molecule has 0 nitrogen and oxygen atoms in total. The molecule has 0 aliphatic heterocycles. The molecule has 0 saturated carbocycles. The Bertz CT molecular complexity index is 561. The molecule has 2 aliphatic rings. The van der Waals surface area contributed by atoms with Crippen molar-refractivity contribution in [3.05, 3.63) is 63.2 Å². The molecule has 0 aromatic heterocycles. The smallest absolute Gasteiger partial charge is 0.0250 e. The zero-order valence-electron chi connectivity index (χ0n) is 10.6. The Morgan fingerprint density at radius 1 is 1.33 bits per heavy atom. The molecule has 0 radical (unpaired) electrons. The highest BCUT2D eigenvalue weighted by atomic mass is 79.9. The summed E-state index contributed by atoms with van der Waals surface area (Å²) in [5, 5.41) is 0. The fourth-order valence-electron chi connectivity index (χ4n) is 2.97. The summed E-state index contributed by atoms with van der Waals surface area (Å²) in [5.41, 5.74) is 5.96. The van der Waals surface area contributed by atoms with Crippen molar-refractivity contribution in [2.45, 2.75) is 32.1 Å². The molecule has 1 unspecified atom stereocenters. The predicted molar refractivity (Wildman–Crippen MR) is 81.6 cm³/mol. The first-order chi connectivity index (χ1) is 8.75. The Morgan fingerprint density at radius 3 is 3.00 bits per heavy atom. The van der Waals surface area contributed by atoms with Crippen LogP contribution in [0.15, 0.2) is 52.0 Å². The quantitative estimate of drug-likeness (QED) is 0.680. The first-order valence-electron chi connectivity index (χ1n) is 6.57. The highest BCUT2D eigenvalue weighted by molar-refractivity contribution is 9.10. The average Bonchev–Trinajstić information content (AvgIpc) is 2.95. The Morgan fingerprint density at radius 2 is 2.22 bits per heavy atom. The van der Waals surface area contributed by atoms with Crippen molar-refractivity contribution in [1.82, 2.24) is 0 Å². The van der Waals surface area contributed by atoms with Crippen LogP contribution in [-0.4, -0.2) is 0 Å². The highest BCUT2D eigenvalue weighted by Crippen LogP contribution is 2.42. The van der Waals surface area contributed by atoms with Gasteiger partial charge in [0.1, 0.15) is 0 Å². The molecular weight excluding hydrogens is 284 g/mol. The van der Waals surface area contributed by atoms with E-state index in [1.165, 1.54) is 34.0 Å². The van der Waals surface area contributed by atoms with E-state index >= 15 is 0 Å². The zero-order chi connectivity index (χ0) is 12.5. The minimum Gasteiger partial charge on any atom is -0.0805 e. The van der Waals surface area contributed by atoms with Gasteiger partial charge in [-0.2, -0.15) is 0 Å². The van der Waals surface area contributed by atoms with E-state index in [4.69, 9.17) is 0 Å². The van der Waals surface area contributed by atoms with Crippen LogP contribution >= 0.6 is 15.9 Å². The summed E-state index contributed by atoms with van der Waals surface area (Å²) in [6, 6.07) is 6.56. The largest absolute Gasteiger partial charge is 0.0805 e. The van der Waals surface area contributed by atoms with Crippen LogP contribution in [0.2, 0.25) is 0 Å². The van der Waals surface area contributed by atoms with Gasteiger partial charge in [0.25, 0.3) is 0 Å². The van der Waals surface area contributed by atoms with E-state index in [-0.39, 0.29) is 0 Å². The Labute approximate surface area is 117 Å². The lowest BCUT2D eigenvalue weighted by molar-refractivity contribution is 0.705. The number of rotatable bonds is 3. The highest BCUT2D eigenvalue weighted by Gasteiger charge is 2.23. The van der Waals surface area contributed by atoms with E-state index in [9.17, 15) is 0 Å². The van der Waals surface area contributed by atoms with Crippen molar-refractivity contribution in [2.75, 3.05) is 0 Å². The topological polar surface area (TPSA) is 0 Å². The van der Waals surface area contributed by atoms with Crippen molar-refractivity contribution in [2.24, 2.45) is 0 Å². The molecule has 0 bridgehead atoms. The summed E-state index contributed by atoms with van der Waals surface area (Å²) in [7, 11) is 0. The zero-order valence-corrected chi connectivity index (χ0v) is 12.2. The van der Waals surface area contributed by atoms with Gasteiger partial charge in [0.05, 0.1) is 0 Å². The fourth-order valence-corrected chi connectivity index (χ4v) is 3.47. The Balaban J connectivity index is 1.78. The second-order valence-corrected chi connectivity index (χ2v) is 6.03. The van der Waals surface area contributed by atoms with Gasteiger partial charge < -0.3 is 0 Å². The SMILES string of the molecule is CC1=Cc2c(Br)cccc2C1CCC1=CC=CC1. The molecule has 1 atom stereocenters. The predicted octanol–water partition coefficient (Wildman–Crippen LogP) is 5.62. The molecular formula is C17H17Br. The maximum absolute atomic E-state index is 3.65. The van der Waals surface area contributed by atoms with Gasteiger partial charge in [0.2, 0.25) is 0 Å². The molecule has 0 fully saturated rings. The number of hydrogen-bond acceptors (Lipinski definition) is 0. The van der Waals surface area contributed by atoms with E-state index < -0.39 is 0 Å². The first-order valence-corrected chi connectivity index (χ1v) is 7.36. The summed E-state index contributed by atoms with van der Waals surface area (Å²) in [4.78, 5) is 0. The minimum atomic E-state index is 0.610. The molecule has 18 heavy (non-hydrogen) atoms. The molecule has 2 aliphatic carbocycles. The maximum atomic E-state index is 3.65. The molecule has 1 aromatic carbocycles. The molecule has 0 saturated heterocycles. The van der Waals surface area contributed by atoms with Crippen LogP contribution in [0.25, 0.3) is 6.08 Å². The van der Waals surface area contributed by atoms with Crippen LogP contribution in [0.4, 0.5) is 0 Å². The van der Waals surface area contributed by atoms with Crippen LogP contribution in [-0.2, 0) is 0 Å². The standard InChI is InChI=1S/C17H17Br/c1-12-11-16-15(7-4-8-17(16)18)14(12)10-9-13-5-2-3-6-13/h2-5,7-8,11,14H,6,9-10H2,1H3. The molecule has 1 aromatic rings. The van der Waals surface area contributed by atoms with Gasteiger partial charge in [-0.3, -0.25) is 0 Å². The van der Waals surface area contributed by atoms with E-state index in [2.05, 4.69) is 65.4 Å². The number of halogens is 1. The maximum Gasteiger partial charge on any atom is 0.0250 e. The second kappa shape index (κ2) is 4.89. The fraction of sp³-hybridized carbons (Fsp3) is 0.294. The minimum absolute atomic E-state index is 0.610. The van der Waals surface area contributed by atoms with Crippen LogP contribution in [0, 0.1) is 0 Å². The van der Waals surface area contributed by atoms with Gasteiger partial charge in [-0.1, -0.05) is 63.5 Å². The van der Waals surface area contributed by atoms with Crippen LogP contribution in [0.5, 0.6) is 0 Å². The third-order valence-corrected chi connectivity index (χ3v) is 4.68. The van der Waals surface area contributed by atoms with Gasteiger partial charge in [0, 0.05) is 10.4 Å². The van der Waals surface area contributed by atoms with E-state index in [1.54, 1.807) is 5.57 Å². The first kappa shape index (κ1) is 12.0. The molecule has 92 valence electrons. The molecule has 0 N–H and O–H groups in total. The lowest BCUT2D eigenvalue weighted by Crippen LogP contribution is -1.98. The molecule has 0 amide bonds. The van der Waals surface area contributed by atoms with Crippen molar-refractivity contribution in [3.8, 4) is 0 Å². The van der Waals surface area contributed by atoms with Crippen LogP contribution < -0.4 is 0 Å². The van der Waals surface area contributed by atoms with Crippen molar-refractivity contribution in [1.29, 1.82) is 0 Å².